The van der Waals surface area contributed by atoms with Crippen molar-refractivity contribution in [1.82, 2.24) is 0 Å². The van der Waals surface area contributed by atoms with Crippen molar-refractivity contribution >= 4 is 5.69 Å². The average molecular weight is 217 g/mol. The molecule has 0 amide bonds. The van der Waals surface area contributed by atoms with Gasteiger partial charge in [0.25, 0.3) is 0 Å². The van der Waals surface area contributed by atoms with E-state index in [9.17, 15) is 5.11 Å². The Morgan fingerprint density at radius 1 is 1.19 bits per heavy atom. The van der Waals surface area contributed by atoms with Gasteiger partial charge >= 0.3 is 0 Å². The molecule has 0 spiro atoms. The van der Waals surface area contributed by atoms with Crippen LogP contribution in [-0.4, -0.2) is 23.8 Å². The Balaban J connectivity index is 1.76. The molecule has 0 bridgehead atoms. The first-order valence-corrected chi connectivity index (χ1v) is 6.32. The van der Waals surface area contributed by atoms with E-state index in [-0.39, 0.29) is 5.60 Å². The molecule has 2 nitrogen and oxygen atoms in total. The fourth-order valence-corrected chi connectivity index (χ4v) is 2.54. The lowest BCUT2D eigenvalue weighted by atomic mass is 10.1. The van der Waals surface area contributed by atoms with E-state index < -0.39 is 0 Å². The van der Waals surface area contributed by atoms with Gasteiger partial charge in [-0.25, -0.2) is 0 Å². The van der Waals surface area contributed by atoms with E-state index in [0.717, 1.165) is 19.3 Å². The van der Waals surface area contributed by atoms with Crippen LogP contribution in [0.3, 0.4) is 0 Å². The SMILES string of the molecule is OC1(Cc2cccc(N3CCCC3)c2)CC1. The summed E-state index contributed by atoms with van der Waals surface area (Å²) in [5.74, 6) is 0. The minimum absolute atomic E-state index is 0.371. The van der Waals surface area contributed by atoms with Gasteiger partial charge in [0.15, 0.2) is 0 Å². The molecular formula is C14H19NO. The fraction of sp³-hybridized carbons (Fsp3) is 0.571. The van der Waals surface area contributed by atoms with Gasteiger partial charge in [-0.1, -0.05) is 12.1 Å². The van der Waals surface area contributed by atoms with E-state index in [4.69, 9.17) is 0 Å². The molecule has 1 aliphatic carbocycles. The van der Waals surface area contributed by atoms with Gasteiger partial charge in [0.05, 0.1) is 5.60 Å². The second kappa shape index (κ2) is 3.77. The summed E-state index contributed by atoms with van der Waals surface area (Å²) in [6, 6.07) is 8.69. The molecule has 3 rings (SSSR count). The number of nitrogens with zero attached hydrogens (tertiary/aromatic N) is 1. The van der Waals surface area contributed by atoms with Crippen molar-refractivity contribution in [2.45, 2.75) is 37.7 Å². The van der Waals surface area contributed by atoms with Crippen LogP contribution < -0.4 is 4.90 Å². The van der Waals surface area contributed by atoms with Crippen molar-refractivity contribution in [2.24, 2.45) is 0 Å². The first-order chi connectivity index (χ1) is 7.75. The first kappa shape index (κ1) is 10.2. The van der Waals surface area contributed by atoms with Crippen LogP contribution in [0.15, 0.2) is 24.3 Å². The molecule has 0 atom stereocenters. The molecular weight excluding hydrogens is 198 g/mol. The maximum atomic E-state index is 9.92. The van der Waals surface area contributed by atoms with Crippen molar-refractivity contribution in [2.75, 3.05) is 18.0 Å². The second-order valence-electron chi connectivity index (χ2n) is 5.27. The van der Waals surface area contributed by atoms with Gasteiger partial charge in [0.1, 0.15) is 0 Å². The van der Waals surface area contributed by atoms with E-state index in [2.05, 4.69) is 29.2 Å². The third-order valence-electron chi connectivity index (χ3n) is 3.74. The third-order valence-corrected chi connectivity index (χ3v) is 3.74. The van der Waals surface area contributed by atoms with Crippen LogP contribution in [0.25, 0.3) is 0 Å². The molecule has 1 aliphatic heterocycles. The van der Waals surface area contributed by atoms with Crippen LogP contribution in [0.5, 0.6) is 0 Å². The van der Waals surface area contributed by atoms with Crippen LogP contribution in [0.2, 0.25) is 0 Å². The Hall–Kier alpha value is -1.02. The van der Waals surface area contributed by atoms with Gasteiger partial charge in [0.2, 0.25) is 0 Å². The van der Waals surface area contributed by atoms with E-state index in [1.807, 2.05) is 0 Å². The lowest BCUT2D eigenvalue weighted by Crippen LogP contribution is -2.18. The average Bonchev–Trinajstić information content (AvgIpc) is 2.84. The number of anilines is 1. The number of hydrogen-bond acceptors (Lipinski definition) is 2. The molecule has 16 heavy (non-hydrogen) atoms. The van der Waals surface area contributed by atoms with Crippen LogP contribution >= 0.6 is 0 Å². The summed E-state index contributed by atoms with van der Waals surface area (Å²) < 4.78 is 0. The Morgan fingerprint density at radius 2 is 1.94 bits per heavy atom. The lowest BCUT2D eigenvalue weighted by Gasteiger charge is -2.19. The van der Waals surface area contributed by atoms with Crippen LogP contribution in [0.1, 0.15) is 31.2 Å². The van der Waals surface area contributed by atoms with Crippen molar-refractivity contribution in [3.8, 4) is 0 Å². The molecule has 0 unspecified atom stereocenters. The van der Waals surface area contributed by atoms with Gasteiger partial charge in [0, 0.05) is 25.2 Å². The highest BCUT2D eigenvalue weighted by Gasteiger charge is 2.40. The summed E-state index contributed by atoms with van der Waals surface area (Å²) in [6.45, 7) is 2.38. The molecule has 1 aromatic carbocycles. The number of hydrogen-bond donors (Lipinski definition) is 1. The van der Waals surface area contributed by atoms with E-state index >= 15 is 0 Å². The summed E-state index contributed by atoms with van der Waals surface area (Å²) in [7, 11) is 0. The maximum absolute atomic E-state index is 9.92. The standard InChI is InChI=1S/C14H19NO/c16-14(6-7-14)11-12-4-3-5-13(10-12)15-8-1-2-9-15/h3-5,10,16H,1-2,6-9,11H2. The molecule has 0 aromatic heterocycles. The molecule has 0 radical (unpaired) electrons. The summed E-state index contributed by atoms with van der Waals surface area (Å²) >= 11 is 0. The second-order valence-corrected chi connectivity index (χ2v) is 5.27. The quantitative estimate of drug-likeness (QED) is 0.840. The predicted octanol–water partition coefficient (Wildman–Crippen LogP) is 2.35. The van der Waals surface area contributed by atoms with Gasteiger partial charge in [-0.3, -0.25) is 0 Å². The molecule has 2 fully saturated rings. The summed E-state index contributed by atoms with van der Waals surface area (Å²) in [5.41, 5.74) is 2.24. The zero-order valence-corrected chi connectivity index (χ0v) is 9.65. The van der Waals surface area contributed by atoms with E-state index in [1.165, 1.54) is 37.2 Å². The Morgan fingerprint density at radius 3 is 2.62 bits per heavy atom. The highest BCUT2D eigenvalue weighted by atomic mass is 16.3. The Kier molecular flexibility index (Phi) is 2.40. The van der Waals surface area contributed by atoms with Gasteiger partial charge in [-0.2, -0.15) is 0 Å². The van der Waals surface area contributed by atoms with Crippen molar-refractivity contribution in [1.29, 1.82) is 0 Å². The molecule has 1 N–H and O–H groups in total. The normalized spacial score (nSPS) is 22.4. The van der Waals surface area contributed by atoms with Crippen molar-refractivity contribution in [3.63, 3.8) is 0 Å². The largest absolute Gasteiger partial charge is 0.390 e. The van der Waals surface area contributed by atoms with Crippen LogP contribution in [-0.2, 0) is 6.42 Å². The first-order valence-electron chi connectivity index (χ1n) is 6.32. The fourth-order valence-electron chi connectivity index (χ4n) is 2.54. The lowest BCUT2D eigenvalue weighted by molar-refractivity contribution is 0.151. The molecule has 2 aliphatic rings. The van der Waals surface area contributed by atoms with Gasteiger partial charge in [-0.15, -0.1) is 0 Å². The Bertz CT molecular complexity index is 378. The minimum atomic E-state index is -0.371. The maximum Gasteiger partial charge on any atom is 0.0690 e. The smallest absolute Gasteiger partial charge is 0.0690 e. The number of benzene rings is 1. The van der Waals surface area contributed by atoms with Gasteiger partial charge < -0.3 is 10.0 Å². The van der Waals surface area contributed by atoms with Crippen molar-refractivity contribution < 1.29 is 5.11 Å². The molecule has 1 saturated heterocycles. The molecule has 1 saturated carbocycles. The third kappa shape index (κ3) is 2.07. The summed E-state index contributed by atoms with van der Waals surface area (Å²) in [5, 5.41) is 9.92. The van der Waals surface area contributed by atoms with Gasteiger partial charge in [-0.05, 0) is 43.4 Å². The Labute approximate surface area is 96.9 Å². The molecule has 86 valence electrons. The summed E-state index contributed by atoms with van der Waals surface area (Å²) in [6.07, 6.45) is 5.40. The van der Waals surface area contributed by atoms with Crippen molar-refractivity contribution in [3.05, 3.63) is 29.8 Å². The molecule has 1 aromatic rings. The van der Waals surface area contributed by atoms with Crippen LogP contribution in [0, 0.1) is 0 Å². The zero-order chi connectivity index (χ0) is 11.0. The summed E-state index contributed by atoms with van der Waals surface area (Å²) in [4.78, 5) is 2.44. The number of aliphatic hydroxyl groups is 1. The predicted molar refractivity (Wildman–Crippen MR) is 65.8 cm³/mol. The number of rotatable bonds is 3. The van der Waals surface area contributed by atoms with E-state index in [0.29, 0.717) is 0 Å². The minimum Gasteiger partial charge on any atom is -0.390 e. The zero-order valence-electron chi connectivity index (χ0n) is 9.65. The van der Waals surface area contributed by atoms with Crippen LogP contribution in [0.4, 0.5) is 5.69 Å². The monoisotopic (exact) mass is 217 g/mol. The van der Waals surface area contributed by atoms with E-state index in [1.54, 1.807) is 0 Å². The highest BCUT2D eigenvalue weighted by molar-refractivity contribution is 5.49. The molecule has 2 heteroatoms. The molecule has 1 heterocycles. The topological polar surface area (TPSA) is 23.5 Å². The highest BCUT2D eigenvalue weighted by Crippen LogP contribution is 2.38.